The molecule has 0 aromatic heterocycles. The topological polar surface area (TPSA) is 46.5 Å². The maximum atomic E-state index is 11.0. The van der Waals surface area contributed by atoms with Crippen LogP contribution in [0.2, 0.25) is 0 Å². The number of carboxylic acid groups (broad SMARTS) is 1. The van der Waals surface area contributed by atoms with Crippen molar-refractivity contribution in [2.24, 2.45) is 5.92 Å². The van der Waals surface area contributed by atoms with Gasteiger partial charge in [0.05, 0.1) is 7.11 Å². The van der Waals surface area contributed by atoms with E-state index >= 15 is 0 Å². The van der Waals surface area contributed by atoms with E-state index < -0.39 is 5.97 Å². The quantitative estimate of drug-likeness (QED) is 0.855. The van der Waals surface area contributed by atoms with E-state index in [0.717, 1.165) is 11.3 Å². The van der Waals surface area contributed by atoms with Gasteiger partial charge in [-0.15, -0.1) is 0 Å². The number of ether oxygens (including phenoxy) is 1. The SMILES string of the molecule is COc1cc(CSC(C)C(C)C)ccc1C(=O)O. The predicted octanol–water partition coefficient (Wildman–Crippen LogP) is 3.67. The molecule has 1 unspecified atom stereocenters. The second-order valence-electron chi connectivity index (χ2n) is 4.60. The second-order valence-corrected chi connectivity index (χ2v) is 5.97. The molecular weight excluding hydrogens is 248 g/mol. The summed E-state index contributed by atoms with van der Waals surface area (Å²) in [6, 6.07) is 5.27. The monoisotopic (exact) mass is 268 g/mol. The number of carboxylic acids is 1. The van der Waals surface area contributed by atoms with Gasteiger partial charge in [-0.1, -0.05) is 26.8 Å². The lowest BCUT2D eigenvalue weighted by Crippen LogP contribution is -2.06. The third-order valence-corrected chi connectivity index (χ3v) is 4.52. The third kappa shape index (κ3) is 3.95. The normalized spacial score (nSPS) is 12.5. The molecule has 3 nitrogen and oxygen atoms in total. The molecule has 0 saturated heterocycles. The fourth-order valence-electron chi connectivity index (χ4n) is 1.42. The minimum Gasteiger partial charge on any atom is -0.496 e. The van der Waals surface area contributed by atoms with Crippen molar-refractivity contribution < 1.29 is 14.6 Å². The summed E-state index contributed by atoms with van der Waals surface area (Å²) in [5, 5.41) is 9.57. The highest BCUT2D eigenvalue weighted by Gasteiger charge is 2.12. The van der Waals surface area contributed by atoms with Gasteiger partial charge in [-0.25, -0.2) is 4.79 Å². The molecule has 0 spiro atoms. The lowest BCUT2D eigenvalue weighted by Gasteiger charge is -2.15. The molecule has 0 aliphatic heterocycles. The third-order valence-electron chi connectivity index (χ3n) is 2.95. The first-order valence-corrected chi connectivity index (χ1v) is 7.02. The van der Waals surface area contributed by atoms with Crippen LogP contribution in [0.15, 0.2) is 18.2 Å². The maximum absolute atomic E-state index is 11.0. The van der Waals surface area contributed by atoms with Crippen molar-refractivity contribution in [3.8, 4) is 5.75 Å². The summed E-state index contributed by atoms with van der Waals surface area (Å²) in [7, 11) is 1.50. The van der Waals surface area contributed by atoms with E-state index in [1.165, 1.54) is 7.11 Å². The summed E-state index contributed by atoms with van der Waals surface area (Å²) in [5.74, 6) is 0.977. The van der Waals surface area contributed by atoms with Gasteiger partial charge in [0, 0.05) is 11.0 Å². The van der Waals surface area contributed by atoms with Crippen LogP contribution in [0.5, 0.6) is 5.75 Å². The molecule has 0 aliphatic rings. The molecule has 1 atom stereocenters. The van der Waals surface area contributed by atoms with Crippen LogP contribution >= 0.6 is 11.8 Å². The summed E-state index contributed by atoms with van der Waals surface area (Å²) < 4.78 is 5.11. The van der Waals surface area contributed by atoms with Crippen molar-refractivity contribution in [2.75, 3.05) is 7.11 Å². The van der Waals surface area contributed by atoms with Crippen LogP contribution in [-0.2, 0) is 5.75 Å². The Morgan fingerprint density at radius 2 is 2.06 bits per heavy atom. The van der Waals surface area contributed by atoms with Crippen LogP contribution in [0.4, 0.5) is 0 Å². The number of carbonyl (C=O) groups is 1. The van der Waals surface area contributed by atoms with Crippen LogP contribution in [0.25, 0.3) is 0 Å². The van der Waals surface area contributed by atoms with Gasteiger partial charge in [0.2, 0.25) is 0 Å². The minimum absolute atomic E-state index is 0.211. The molecule has 1 N–H and O–H groups in total. The molecule has 0 bridgehead atoms. The molecule has 4 heteroatoms. The molecular formula is C14H20O3S. The van der Waals surface area contributed by atoms with E-state index in [2.05, 4.69) is 20.8 Å². The number of hydrogen-bond donors (Lipinski definition) is 1. The highest BCUT2D eigenvalue weighted by atomic mass is 32.2. The zero-order valence-electron chi connectivity index (χ0n) is 11.3. The van der Waals surface area contributed by atoms with Gasteiger partial charge in [0.25, 0.3) is 0 Å². The number of benzene rings is 1. The molecule has 0 saturated carbocycles. The van der Waals surface area contributed by atoms with Crippen molar-refractivity contribution in [2.45, 2.75) is 31.8 Å². The Kier molecular flexibility index (Phi) is 5.54. The number of hydrogen-bond acceptors (Lipinski definition) is 3. The first-order chi connectivity index (χ1) is 8.45. The standard InChI is InChI=1S/C14H20O3S/c1-9(2)10(3)18-8-11-5-6-12(14(15)16)13(7-11)17-4/h5-7,9-10H,8H2,1-4H3,(H,15,16). The average Bonchev–Trinajstić information content (AvgIpc) is 2.34. The highest BCUT2D eigenvalue weighted by Crippen LogP contribution is 2.26. The zero-order valence-corrected chi connectivity index (χ0v) is 12.1. The summed E-state index contributed by atoms with van der Waals surface area (Å²) in [6.45, 7) is 6.61. The summed E-state index contributed by atoms with van der Waals surface area (Å²) in [5.41, 5.74) is 1.30. The zero-order chi connectivity index (χ0) is 13.7. The van der Waals surface area contributed by atoms with Crippen molar-refractivity contribution in [3.63, 3.8) is 0 Å². The fraction of sp³-hybridized carbons (Fsp3) is 0.500. The van der Waals surface area contributed by atoms with E-state index in [-0.39, 0.29) is 5.56 Å². The molecule has 1 rings (SSSR count). The largest absolute Gasteiger partial charge is 0.496 e. The van der Waals surface area contributed by atoms with Gasteiger partial charge in [-0.3, -0.25) is 0 Å². The molecule has 0 radical (unpaired) electrons. The van der Waals surface area contributed by atoms with Crippen molar-refractivity contribution in [1.82, 2.24) is 0 Å². The highest BCUT2D eigenvalue weighted by molar-refractivity contribution is 7.99. The number of thioether (sulfide) groups is 1. The van der Waals surface area contributed by atoms with E-state index in [0.29, 0.717) is 16.9 Å². The van der Waals surface area contributed by atoms with E-state index in [1.54, 1.807) is 6.07 Å². The Hall–Kier alpha value is -1.16. The van der Waals surface area contributed by atoms with Crippen LogP contribution in [0.1, 0.15) is 36.7 Å². The Morgan fingerprint density at radius 3 is 2.56 bits per heavy atom. The molecule has 0 fully saturated rings. The molecule has 0 aliphatic carbocycles. The predicted molar refractivity (Wildman–Crippen MR) is 75.5 cm³/mol. The molecule has 100 valence electrons. The average molecular weight is 268 g/mol. The lowest BCUT2D eigenvalue weighted by atomic mass is 10.1. The van der Waals surface area contributed by atoms with Gasteiger partial charge in [0.15, 0.2) is 0 Å². The Bertz CT molecular complexity index is 416. The van der Waals surface area contributed by atoms with Gasteiger partial charge in [-0.05, 0) is 23.6 Å². The van der Waals surface area contributed by atoms with Crippen molar-refractivity contribution in [3.05, 3.63) is 29.3 Å². The Morgan fingerprint density at radius 1 is 1.39 bits per heavy atom. The summed E-state index contributed by atoms with van der Waals surface area (Å²) >= 11 is 1.87. The molecule has 1 aromatic carbocycles. The smallest absolute Gasteiger partial charge is 0.339 e. The van der Waals surface area contributed by atoms with Crippen LogP contribution < -0.4 is 4.74 Å². The van der Waals surface area contributed by atoms with E-state index in [9.17, 15) is 4.79 Å². The summed E-state index contributed by atoms with van der Waals surface area (Å²) in [4.78, 5) is 11.0. The number of aromatic carboxylic acids is 1. The summed E-state index contributed by atoms with van der Waals surface area (Å²) in [6.07, 6.45) is 0. The molecule has 18 heavy (non-hydrogen) atoms. The van der Waals surface area contributed by atoms with Crippen molar-refractivity contribution in [1.29, 1.82) is 0 Å². The van der Waals surface area contributed by atoms with E-state index in [4.69, 9.17) is 9.84 Å². The first kappa shape index (κ1) is 14.9. The van der Waals surface area contributed by atoms with E-state index in [1.807, 2.05) is 23.9 Å². The van der Waals surface area contributed by atoms with Gasteiger partial charge < -0.3 is 9.84 Å². The molecule has 0 heterocycles. The Balaban J connectivity index is 2.77. The van der Waals surface area contributed by atoms with Gasteiger partial charge >= 0.3 is 5.97 Å². The molecule has 0 amide bonds. The lowest BCUT2D eigenvalue weighted by molar-refractivity contribution is 0.0693. The maximum Gasteiger partial charge on any atom is 0.339 e. The van der Waals surface area contributed by atoms with Crippen LogP contribution in [0.3, 0.4) is 0 Å². The second kappa shape index (κ2) is 6.69. The van der Waals surface area contributed by atoms with Crippen LogP contribution in [-0.4, -0.2) is 23.4 Å². The van der Waals surface area contributed by atoms with Crippen LogP contribution in [0, 0.1) is 5.92 Å². The minimum atomic E-state index is -0.957. The van der Waals surface area contributed by atoms with Gasteiger partial charge in [0.1, 0.15) is 11.3 Å². The van der Waals surface area contributed by atoms with Crippen molar-refractivity contribution >= 4 is 17.7 Å². The first-order valence-electron chi connectivity index (χ1n) is 5.97. The fourth-order valence-corrected chi connectivity index (χ4v) is 2.44. The molecule has 1 aromatic rings. The number of rotatable bonds is 6. The van der Waals surface area contributed by atoms with Gasteiger partial charge in [-0.2, -0.15) is 11.8 Å². The number of methoxy groups -OCH3 is 1. The Labute approximate surface area is 113 Å².